The Morgan fingerprint density at radius 2 is 1.75 bits per heavy atom. The van der Waals surface area contributed by atoms with Crippen LogP contribution in [0.2, 0.25) is 0 Å². The summed E-state index contributed by atoms with van der Waals surface area (Å²) < 4.78 is 30.2. The van der Waals surface area contributed by atoms with Crippen molar-refractivity contribution < 1.29 is 12.6 Å². The van der Waals surface area contributed by atoms with Gasteiger partial charge in [-0.3, -0.25) is 0 Å². The molecule has 0 atom stereocenters. The number of anilines is 2. The maximum absolute atomic E-state index is 13.0. The van der Waals surface area contributed by atoms with Crippen molar-refractivity contribution in [1.29, 1.82) is 0 Å². The molecule has 0 aliphatic heterocycles. The average Bonchev–Trinajstić information content (AvgIpc) is 2.93. The maximum atomic E-state index is 13.0. The highest BCUT2D eigenvalue weighted by Gasteiger charge is 2.40. The number of benzene rings is 1. The van der Waals surface area contributed by atoms with Crippen LogP contribution in [0.5, 0.6) is 5.75 Å². The van der Waals surface area contributed by atoms with Gasteiger partial charge in [-0.1, -0.05) is 0 Å². The molecule has 0 spiro atoms. The third-order valence-electron chi connectivity index (χ3n) is 4.58. The molecule has 0 aliphatic carbocycles. The van der Waals surface area contributed by atoms with Crippen LogP contribution in [0, 0.1) is 13.8 Å². The van der Waals surface area contributed by atoms with E-state index in [1.807, 2.05) is 19.9 Å². The number of nitrogens with zero attached hydrogens (tertiary/aromatic N) is 1. The summed E-state index contributed by atoms with van der Waals surface area (Å²) in [6, 6.07) is 6.98. The predicted octanol–water partition coefficient (Wildman–Crippen LogP) is 4.88. The highest BCUT2D eigenvalue weighted by molar-refractivity contribution is 7.88. The third kappa shape index (κ3) is 4.87. The van der Waals surface area contributed by atoms with Crippen LogP contribution in [-0.4, -0.2) is 33.3 Å². The zero-order valence-electron chi connectivity index (χ0n) is 16.5. The Morgan fingerprint density at radius 3 is 2.21 bits per heavy atom. The molecular weight excluding hydrogens is 439 g/mol. The molecule has 0 radical (unpaired) electrons. The molecule has 2 N–H and O–H groups in total. The van der Waals surface area contributed by atoms with E-state index in [0.717, 1.165) is 16.1 Å². The van der Waals surface area contributed by atoms with Gasteiger partial charge in [-0.05, 0) is 57.5 Å². The van der Waals surface area contributed by atoms with E-state index in [2.05, 4.69) is 4.90 Å². The first kappa shape index (κ1) is 23.1. The van der Waals surface area contributed by atoms with Gasteiger partial charge in [0.25, 0.3) is 0 Å². The number of halogens is 2. The van der Waals surface area contributed by atoms with Gasteiger partial charge in [0.2, 0.25) is 0 Å². The van der Waals surface area contributed by atoms with Gasteiger partial charge in [0.15, 0.2) is 0 Å². The van der Waals surface area contributed by atoms with Crippen molar-refractivity contribution in [3.63, 3.8) is 0 Å². The Balaban J connectivity index is 2.31. The van der Waals surface area contributed by atoms with Crippen LogP contribution in [-0.2, 0) is 14.9 Å². The summed E-state index contributed by atoms with van der Waals surface area (Å²) in [7, 11) is -3.97. The molecule has 0 bridgehead atoms. The molecule has 5 nitrogen and oxygen atoms in total. The Hall–Kier alpha value is -1.15. The van der Waals surface area contributed by atoms with Crippen molar-refractivity contribution in [1.82, 2.24) is 0 Å². The minimum absolute atomic E-state index is 0.261. The Morgan fingerprint density at radius 1 is 1.14 bits per heavy atom. The van der Waals surface area contributed by atoms with E-state index in [1.165, 1.54) is 11.3 Å². The van der Waals surface area contributed by atoms with Gasteiger partial charge < -0.3 is 14.8 Å². The lowest BCUT2D eigenvalue weighted by atomic mass is 10.1. The molecule has 0 fully saturated rings. The first-order valence-corrected chi connectivity index (χ1v) is 12.1. The van der Waals surface area contributed by atoms with Crippen LogP contribution in [0.1, 0.15) is 29.9 Å². The molecule has 2 rings (SSSR count). The minimum atomic E-state index is -3.97. The van der Waals surface area contributed by atoms with Gasteiger partial charge in [-0.25, -0.2) is 0 Å². The molecule has 1 aromatic heterocycles. The second-order valence-corrected chi connectivity index (χ2v) is 11.1. The zero-order valence-corrected chi connectivity index (χ0v) is 19.6. The molecular formula is C19H26Cl2N2O3S2. The molecule has 0 aliphatic rings. The van der Waals surface area contributed by atoms with Crippen LogP contribution in [0.4, 0.5) is 10.7 Å². The van der Waals surface area contributed by atoms with Crippen LogP contribution in [0.3, 0.4) is 0 Å². The smallest absolute Gasteiger partial charge is 0.318 e. The van der Waals surface area contributed by atoms with Crippen LogP contribution < -0.4 is 14.8 Å². The van der Waals surface area contributed by atoms with Gasteiger partial charge in [-0.15, -0.1) is 34.5 Å². The minimum Gasteiger partial charge on any atom is -0.390 e. The lowest BCUT2D eigenvalue weighted by Crippen LogP contribution is -2.33. The number of hydrogen-bond donors (Lipinski definition) is 1. The summed E-state index contributed by atoms with van der Waals surface area (Å²) in [6.45, 7) is 8.29. The number of nitrogen functional groups attached to an aromatic ring is 1. The van der Waals surface area contributed by atoms with E-state index < -0.39 is 14.9 Å². The Labute approximate surface area is 181 Å². The summed E-state index contributed by atoms with van der Waals surface area (Å²) in [5, 5.41) is 0.485. The van der Waals surface area contributed by atoms with E-state index in [-0.39, 0.29) is 5.75 Å². The lowest BCUT2D eigenvalue weighted by molar-refractivity contribution is 0.450. The van der Waals surface area contributed by atoms with Crippen LogP contribution >= 0.6 is 34.5 Å². The quantitative estimate of drug-likeness (QED) is 0.422. The van der Waals surface area contributed by atoms with E-state index in [9.17, 15) is 8.42 Å². The van der Waals surface area contributed by atoms with Crippen LogP contribution in [0.25, 0.3) is 0 Å². The number of thiophene rings is 1. The number of rotatable bonds is 9. The molecule has 0 saturated heterocycles. The van der Waals surface area contributed by atoms with E-state index in [0.29, 0.717) is 35.4 Å². The number of hydrogen-bond acceptors (Lipinski definition) is 6. The fraction of sp³-hybridized carbons (Fsp3) is 0.474. The van der Waals surface area contributed by atoms with Crippen molar-refractivity contribution in [2.75, 3.05) is 35.5 Å². The monoisotopic (exact) mass is 464 g/mol. The molecule has 156 valence electrons. The van der Waals surface area contributed by atoms with Crippen LogP contribution in [0.15, 0.2) is 24.3 Å². The summed E-state index contributed by atoms with van der Waals surface area (Å²) in [5.41, 5.74) is 8.41. The van der Waals surface area contributed by atoms with Crippen molar-refractivity contribution in [2.45, 2.75) is 32.4 Å². The first-order chi connectivity index (χ1) is 13.0. The van der Waals surface area contributed by atoms with Gasteiger partial charge in [0.05, 0.1) is 5.00 Å². The fourth-order valence-corrected chi connectivity index (χ4v) is 5.38. The second kappa shape index (κ2) is 9.11. The molecule has 1 heterocycles. The normalized spacial score (nSPS) is 12.2. The average molecular weight is 465 g/mol. The Kier molecular flexibility index (Phi) is 7.53. The maximum Gasteiger partial charge on any atom is 0.318 e. The lowest BCUT2D eigenvalue weighted by Gasteiger charge is -2.26. The Bertz CT molecular complexity index is 921. The molecule has 2 aromatic rings. The predicted molar refractivity (Wildman–Crippen MR) is 121 cm³/mol. The SMILES string of the molecule is Cc1cc(C(C)(C)S(=O)(=O)Oc2ccc(N(CCCl)CCCl)c(C)c2)c(N)s1. The zero-order chi connectivity index (χ0) is 21.1. The summed E-state index contributed by atoms with van der Waals surface area (Å²) in [6.07, 6.45) is 0. The van der Waals surface area contributed by atoms with E-state index >= 15 is 0 Å². The largest absolute Gasteiger partial charge is 0.390 e. The topological polar surface area (TPSA) is 72.6 Å². The van der Waals surface area contributed by atoms with Crippen molar-refractivity contribution in [3.05, 3.63) is 40.3 Å². The van der Waals surface area contributed by atoms with Crippen molar-refractivity contribution >= 4 is 55.3 Å². The molecule has 28 heavy (non-hydrogen) atoms. The first-order valence-electron chi connectivity index (χ1n) is 8.81. The summed E-state index contributed by atoms with van der Waals surface area (Å²) in [4.78, 5) is 3.02. The van der Waals surface area contributed by atoms with Gasteiger partial charge >= 0.3 is 10.1 Å². The van der Waals surface area contributed by atoms with E-state index in [1.54, 1.807) is 32.0 Å². The van der Waals surface area contributed by atoms with Crippen molar-refractivity contribution in [2.24, 2.45) is 0 Å². The van der Waals surface area contributed by atoms with E-state index in [4.69, 9.17) is 33.1 Å². The molecule has 0 unspecified atom stereocenters. The molecule has 9 heteroatoms. The molecule has 0 amide bonds. The molecule has 0 saturated carbocycles. The highest BCUT2D eigenvalue weighted by atomic mass is 35.5. The third-order valence-corrected chi connectivity index (χ3v) is 7.68. The number of nitrogens with two attached hydrogens (primary N) is 1. The standard InChI is InChI=1S/C19H26Cl2N2O3S2/c1-13-11-15(5-6-17(13)23(9-7-20)10-8-21)26-28(24,25)19(3,4)16-12-14(2)27-18(16)22/h5-6,11-12H,7-10,22H2,1-4H3. The summed E-state index contributed by atoms with van der Waals surface area (Å²) in [5.74, 6) is 1.20. The van der Waals surface area contributed by atoms with Gasteiger partial charge in [0, 0.05) is 41.0 Å². The van der Waals surface area contributed by atoms with Crippen molar-refractivity contribution in [3.8, 4) is 5.75 Å². The highest BCUT2D eigenvalue weighted by Crippen LogP contribution is 2.39. The summed E-state index contributed by atoms with van der Waals surface area (Å²) >= 11 is 13.1. The fourth-order valence-electron chi connectivity index (χ4n) is 2.96. The van der Waals surface area contributed by atoms with Gasteiger partial charge in [0.1, 0.15) is 10.5 Å². The molecule has 1 aromatic carbocycles. The second-order valence-electron chi connectivity index (χ2n) is 7.00. The number of aryl methyl sites for hydroxylation is 2. The van der Waals surface area contributed by atoms with Gasteiger partial charge in [-0.2, -0.15) is 8.42 Å². The number of alkyl halides is 2.